The molecule has 0 aliphatic carbocycles. The van der Waals surface area contributed by atoms with Crippen molar-refractivity contribution in [3.05, 3.63) is 36.1 Å². The summed E-state index contributed by atoms with van der Waals surface area (Å²) in [5, 5.41) is 0.771. The van der Waals surface area contributed by atoms with Crippen molar-refractivity contribution >= 4 is 32.7 Å². The lowest BCUT2D eigenvalue weighted by atomic mass is 10.1. The minimum absolute atomic E-state index is 0.0301. The second kappa shape index (κ2) is 7.72. The number of esters is 1. The quantitative estimate of drug-likeness (QED) is 0.700. The average molecular weight is 393 g/mol. The normalized spacial score (nSPS) is 19.7. The largest absolute Gasteiger partial charge is 0.450 e. The van der Waals surface area contributed by atoms with E-state index < -0.39 is 28.3 Å². The Balaban J connectivity index is 1.67. The lowest BCUT2D eigenvalue weighted by Gasteiger charge is -2.33. The minimum Gasteiger partial charge on any atom is -0.450 e. The summed E-state index contributed by atoms with van der Waals surface area (Å²) in [4.78, 5) is 26.4. The summed E-state index contributed by atoms with van der Waals surface area (Å²) in [5.41, 5.74) is 0.563. The smallest absolute Gasteiger partial charge is 0.374 e. The second-order valence-corrected chi connectivity index (χ2v) is 9.07. The molecule has 1 aliphatic rings. The topological polar surface area (TPSA) is 93.9 Å². The van der Waals surface area contributed by atoms with Crippen LogP contribution in [0.25, 0.3) is 11.0 Å². The van der Waals surface area contributed by atoms with Gasteiger partial charge in [-0.3, -0.25) is 4.79 Å². The molecule has 0 radical (unpaired) electrons. The third-order valence-electron chi connectivity index (χ3n) is 4.91. The van der Waals surface area contributed by atoms with E-state index in [2.05, 4.69) is 0 Å². The molecule has 1 aromatic heterocycles. The van der Waals surface area contributed by atoms with Crippen LogP contribution in [-0.2, 0) is 19.4 Å². The molecule has 146 valence electrons. The van der Waals surface area contributed by atoms with Gasteiger partial charge in [0.25, 0.3) is 5.91 Å². The molecule has 3 rings (SSSR count). The van der Waals surface area contributed by atoms with Crippen LogP contribution in [0.5, 0.6) is 0 Å². The predicted octanol–water partition coefficient (Wildman–Crippen LogP) is 2.40. The Morgan fingerprint density at radius 2 is 2.07 bits per heavy atom. The zero-order chi connectivity index (χ0) is 19.6. The highest BCUT2D eigenvalue weighted by atomic mass is 32.2. The van der Waals surface area contributed by atoms with E-state index >= 15 is 0 Å². The van der Waals surface area contributed by atoms with E-state index in [9.17, 15) is 18.0 Å². The van der Waals surface area contributed by atoms with Crippen LogP contribution in [0.15, 0.2) is 34.7 Å². The fourth-order valence-corrected chi connectivity index (χ4v) is 5.07. The molecule has 0 spiro atoms. The van der Waals surface area contributed by atoms with Gasteiger partial charge in [0.2, 0.25) is 5.76 Å². The number of furan rings is 1. The first-order valence-electron chi connectivity index (χ1n) is 8.98. The maximum absolute atomic E-state index is 12.7. The zero-order valence-corrected chi connectivity index (χ0v) is 16.2. The maximum Gasteiger partial charge on any atom is 0.374 e. The number of hydrogen-bond acceptors (Lipinski definition) is 6. The molecule has 2 unspecified atom stereocenters. The summed E-state index contributed by atoms with van der Waals surface area (Å²) < 4.78 is 34.1. The molecule has 27 heavy (non-hydrogen) atoms. The third-order valence-corrected chi connectivity index (χ3v) is 6.66. The number of benzene rings is 1. The van der Waals surface area contributed by atoms with Crippen molar-refractivity contribution in [1.29, 1.82) is 0 Å². The van der Waals surface area contributed by atoms with Gasteiger partial charge in [0.15, 0.2) is 16.4 Å². The number of hydrogen-bond donors (Lipinski definition) is 0. The van der Waals surface area contributed by atoms with Crippen molar-refractivity contribution in [2.24, 2.45) is 0 Å². The first-order chi connectivity index (χ1) is 12.8. The molecule has 1 aromatic carbocycles. The van der Waals surface area contributed by atoms with E-state index in [-0.39, 0.29) is 29.3 Å². The van der Waals surface area contributed by atoms with Gasteiger partial charge in [-0.05, 0) is 31.9 Å². The molecule has 1 saturated heterocycles. The highest BCUT2D eigenvalue weighted by molar-refractivity contribution is 7.91. The van der Waals surface area contributed by atoms with Gasteiger partial charge in [-0.15, -0.1) is 0 Å². The van der Waals surface area contributed by atoms with Gasteiger partial charge in [-0.1, -0.05) is 25.1 Å². The van der Waals surface area contributed by atoms with E-state index in [4.69, 9.17) is 9.15 Å². The van der Waals surface area contributed by atoms with E-state index in [0.717, 1.165) is 5.39 Å². The summed E-state index contributed by atoms with van der Waals surface area (Å²) in [5.74, 6) is -1.04. The van der Waals surface area contributed by atoms with Gasteiger partial charge < -0.3 is 14.1 Å². The molecular weight excluding hydrogens is 370 g/mol. The van der Waals surface area contributed by atoms with E-state index in [0.29, 0.717) is 18.4 Å². The standard InChI is InChI=1S/C19H23NO6S/c1-3-13(2)20(15-8-9-27(23,24)12-15)18(21)11-25-19(22)17-10-14-6-4-5-7-16(14)26-17/h4-7,10,13,15H,3,8-9,11-12H2,1-2H3. The highest BCUT2D eigenvalue weighted by Gasteiger charge is 2.36. The molecule has 0 N–H and O–H groups in total. The van der Waals surface area contributed by atoms with Gasteiger partial charge in [0, 0.05) is 17.5 Å². The summed E-state index contributed by atoms with van der Waals surface area (Å²) in [6.07, 6.45) is 1.09. The molecular formula is C19H23NO6S. The van der Waals surface area contributed by atoms with Crippen LogP contribution < -0.4 is 0 Å². The van der Waals surface area contributed by atoms with Gasteiger partial charge in [-0.2, -0.15) is 0 Å². The van der Waals surface area contributed by atoms with Crippen molar-refractivity contribution in [3.63, 3.8) is 0 Å². The average Bonchev–Trinajstić information content (AvgIpc) is 3.22. The highest BCUT2D eigenvalue weighted by Crippen LogP contribution is 2.22. The van der Waals surface area contributed by atoms with Gasteiger partial charge >= 0.3 is 5.97 Å². The Morgan fingerprint density at radius 3 is 2.70 bits per heavy atom. The SMILES string of the molecule is CCC(C)N(C(=O)COC(=O)c1cc2ccccc2o1)C1CCS(=O)(=O)C1. The summed E-state index contributed by atoms with van der Waals surface area (Å²) in [7, 11) is -3.12. The van der Waals surface area contributed by atoms with Crippen LogP contribution in [0.2, 0.25) is 0 Å². The summed E-state index contributed by atoms with van der Waals surface area (Å²) in [6, 6.07) is 8.23. The fraction of sp³-hybridized carbons (Fsp3) is 0.474. The summed E-state index contributed by atoms with van der Waals surface area (Å²) >= 11 is 0. The van der Waals surface area contributed by atoms with Crippen molar-refractivity contribution < 1.29 is 27.2 Å². The molecule has 1 aliphatic heterocycles. The van der Waals surface area contributed by atoms with Crippen LogP contribution >= 0.6 is 0 Å². The number of rotatable bonds is 6. The molecule has 2 atom stereocenters. The molecule has 8 heteroatoms. The fourth-order valence-electron chi connectivity index (χ4n) is 3.36. The van der Waals surface area contributed by atoms with Crippen molar-refractivity contribution in [2.75, 3.05) is 18.1 Å². The van der Waals surface area contributed by atoms with Gasteiger partial charge in [-0.25, -0.2) is 13.2 Å². The van der Waals surface area contributed by atoms with Crippen LogP contribution in [-0.4, -0.2) is 55.4 Å². The first-order valence-corrected chi connectivity index (χ1v) is 10.8. The minimum atomic E-state index is -3.12. The molecule has 1 amide bonds. The molecule has 0 saturated carbocycles. The Hall–Kier alpha value is -2.35. The van der Waals surface area contributed by atoms with Crippen molar-refractivity contribution in [2.45, 2.75) is 38.8 Å². The Labute approximate surface area is 158 Å². The number of nitrogens with zero attached hydrogens (tertiary/aromatic N) is 1. The Kier molecular flexibility index (Phi) is 5.55. The predicted molar refractivity (Wildman–Crippen MR) is 100 cm³/mol. The van der Waals surface area contributed by atoms with E-state index in [1.54, 1.807) is 23.1 Å². The second-order valence-electron chi connectivity index (χ2n) is 6.84. The summed E-state index contributed by atoms with van der Waals surface area (Å²) in [6.45, 7) is 3.34. The number of fused-ring (bicyclic) bond motifs is 1. The van der Waals surface area contributed by atoms with Crippen LogP contribution in [0, 0.1) is 0 Å². The van der Waals surface area contributed by atoms with Crippen LogP contribution in [0.1, 0.15) is 37.2 Å². The third kappa shape index (κ3) is 4.32. The van der Waals surface area contributed by atoms with Crippen LogP contribution in [0.3, 0.4) is 0 Å². The Bertz CT molecular complexity index is 915. The van der Waals surface area contributed by atoms with Gasteiger partial charge in [0.1, 0.15) is 5.58 Å². The molecule has 1 fully saturated rings. The number of sulfone groups is 1. The van der Waals surface area contributed by atoms with Crippen molar-refractivity contribution in [3.8, 4) is 0 Å². The monoisotopic (exact) mass is 393 g/mol. The number of carbonyl (C=O) groups is 2. The number of carbonyl (C=O) groups excluding carboxylic acids is 2. The zero-order valence-electron chi connectivity index (χ0n) is 15.4. The maximum atomic E-state index is 12.7. The Morgan fingerprint density at radius 1 is 1.33 bits per heavy atom. The molecule has 7 nitrogen and oxygen atoms in total. The lowest BCUT2D eigenvalue weighted by molar-refractivity contribution is -0.138. The molecule has 2 aromatic rings. The molecule has 2 heterocycles. The lowest BCUT2D eigenvalue weighted by Crippen LogP contribution is -2.48. The van der Waals surface area contributed by atoms with E-state index in [1.807, 2.05) is 26.0 Å². The molecule has 0 bridgehead atoms. The number of amides is 1. The van der Waals surface area contributed by atoms with Crippen molar-refractivity contribution in [1.82, 2.24) is 4.90 Å². The number of para-hydroxylation sites is 1. The van der Waals surface area contributed by atoms with Gasteiger partial charge in [0.05, 0.1) is 11.5 Å². The number of ether oxygens (including phenoxy) is 1. The van der Waals surface area contributed by atoms with E-state index in [1.165, 1.54) is 0 Å². The van der Waals surface area contributed by atoms with Crippen LogP contribution in [0.4, 0.5) is 0 Å². The first kappa shape index (κ1) is 19.4.